The Labute approximate surface area is 121 Å². The Balaban J connectivity index is 2.87. The molecule has 1 rings (SSSR count). The summed E-state index contributed by atoms with van der Waals surface area (Å²) in [6.45, 7) is 8.00. The molecule has 0 fully saturated rings. The van der Waals surface area contributed by atoms with E-state index in [4.69, 9.17) is 16.3 Å². The zero-order chi connectivity index (χ0) is 14.4. The van der Waals surface area contributed by atoms with Crippen molar-refractivity contribution < 1.29 is 4.74 Å². The standard InChI is InChI=1S/C15H25ClN2O/c1-6-17-12(3)13-7-8-15(14(16)9-13)18(4)11(2)10-19-5/h7-9,11-12,17H,6,10H2,1-5H3. The topological polar surface area (TPSA) is 24.5 Å². The van der Waals surface area contributed by atoms with Gasteiger partial charge in [-0.05, 0) is 38.1 Å². The summed E-state index contributed by atoms with van der Waals surface area (Å²) < 4.78 is 5.19. The number of ether oxygens (including phenoxy) is 1. The lowest BCUT2D eigenvalue weighted by Crippen LogP contribution is -2.32. The predicted molar refractivity (Wildman–Crippen MR) is 83.3 cm³/mol. The van der Waals surface area contributed by atoms with Gasteiger partial charge in [0.15, 0.2) is 0 Å². The van der Waals surface area contributed by atoms with Gasteiger partial charge < -0.3 is 15.0 Å². The first kappa shape index (κ1) is 16.3. The van der Waals surface area contributed by atoms with Crippen LogP contribution >= 0.6 is 11.6 Å². The van der Waals surface area contributed by atoms with Gasteiger partial charge >= 0.3 is 0 Å². The highest BCUT2D eigenvalue weighted by atomic mass is 35.5. The molecule has 0 aliphatic carbocycles. The maximum Gasteiger partial charge on any atom is 0.0663 e. The zero-order valence-corrected chi connectivity index (χ0v) is 13.3. The molecule has 3 nitrogen and oxygen atoms in total. The van der Waals surface area contributed by atoms with E-state index in [9.17, 15) is 0 Å². The number of hydrogen-bond donors (Lipinski definition) is 1. The smallest absolute Gasteiger partial charge is 0.0663 e. The predicted octanol–water partition coefficient (Wildman–Crippen LogP) is 3.48. The van der Waals surface area contributed by atoms with E-state index in [0.717, 1.165) is 17.3 Å². The van der Waals surface area contributed by atoms with Crippen molar-refractivity contribution in [1.82, 2.24) is 5.32 Å². The van der Waals surface area contributed by atoms with Crippen LogP contribution in [0.25, 0.3) is 0 Å². The second kappa shape index (κ2) is 7.73. The van der Waals surface area contributed by atoms with Gasteiger partial charge in [-0.3, -0.25) is 0 Å². The fourth-order valence-electron chi connectivity index (χ4n) is 2.09. The van der Waals surface area contributed by atoms with Gasteiger partial charge in [0.05, 0.1) is 17.3 Å². The molecule has 0 aliphatic rings. The van der Waals surface area contributed by atoms with Crippen molar-refractivity contribution in [3.63, 3.8) is 0 Å². The number of hydrogen-bond acceptors (Lipinski definition) is 3. The van der Waals surface area contributed by atoms with Gasteiger partial charge in [-0.2, -0.15) is 0 Å². The van der Waals surface area contributed by atoms with Crippen LogP contribution in [0.3, 0.4) is 0 Å². The minimum atomic E-state index is 0.291. The van der Waals surface area contributed by atoms with Crippen LogP contribution in [0.2, 0.25) is 5.02 Å². The molecule has 108 valence electrons. The summed E-state index contributed by atoms with van der Waals surface area (Å²) in [5, 5.41) is 4.17. The van der Waals surface area contributed by atoms with E-state index in [-0.39, 0.29) is 0 Å². The van der Waals surface area contributed by atoms with Gasteiger partial charge in [-0.25, -0.2) is 0 Å². The number of likely N-dealkylation sites (N-methyl/N-ethyl adjacent to an activating group) is 1. The molecule has 2 atom stereocenters. The molecular weight excluding hydrogens is 260 g/mol. The van der Waals surface area contributed by atoms with Crippen LogP contribution in [0.1, 0.15) is 32.4 Å². The normalized spacial score (nSPS) is 14.2. The molecule has 4 heteroatoms. The van der Waals surface area contributed by atoms with E-state index in [1.807, 2.05) is 13.1 Å². The number of rotatable bonds is 7. The van der Waals surface area contributed by atoms with Crippen LogP contribution in [-0.2, 0) is 4.74 Å². The third-order valence-electron chi connectivity index (χ3n) is 3.43. The minimum Gasteiger partial charge on any atom is -0.383 e. The molecule has 1 aromatic carbocycles. The van der Waals surface area contributed by atoms with Crippen LogP contribution in [0.4, 0.5) is 5.69 Å². The fraction of sp³-hybridized carbons (Fsp3) is 0.600. The summed E-state index contributed by atoms with van der Waals surface area (Å²) in [6, 6.07) is 6.86. The molecule has 2 unspecified atom stereocenters. The van der Waals surface area contributed by atoms with Crippen LogP contribution in [0.15, 0.2) is 18.2 Å². The SMILES string of the molecule is CCNC(C)c1ccc(N(C)C(C)COC)c(Cl)c1. The Morgan fingerprint density at radius 3 is 2.58 bits per heavy atom. The highest BCUT2D eigenvalue weighted by molar-refractivity contribution is 6.33. The van der Waals surface area contributed by atoms with E-state index in [1.165, 1.54) is 5.56 Å². The van der Waals surface area contributed by atoms with Crippen molar-refractivity contribution in [3.8, 4) is 0 Å². The maximum atomic E-state index is 6.40. The largest absolute Gasteiger partial charge is 0.383 e. The van der Waals surface area contributed by atoms with Crippen LogP contribution in [-0.4, -0.2) is 33.4 Å². The Kier molecular flexibility index (Phi) is 6.63. The van der Waals surface area contributed by atoms with Crippen molar-refractivity contribution in [2.24, 2.45) is 0 Å². The number of anilines is 1. The summed E-state index contributed by atoms with van der Waals surface area (Å²) in [6.07, 6.45) is 0. The highest BCUT2D eigenvalue weighted by Gasteiger charge is 2.14. The van der Waals surface area contributed by atoms with Gasteiger partial charge in [-0.1, -0.05) is 24.6 Å². The lowest BCUT2D eigenvalue weighted by atomic mass is 10.1. The molecule has 19 heavy (non-hydrogen) atoms. The average Bonchev–Trinajstić information content (AvgIpc) is 2.38. The maximum absolute atomic E-state index is 6.40. The first-order valence-electron chi connectivity index (χ1n) is 6.75. The lowest BCUT2D eigenvalue weighted by Gasteiger charge is -2.28. The van der Waals surface area contributed by atoms with Crippen LogP contribution < -0.4 is 10.2 Å². The number of nitrogens with one attached hydrogen (secondary N) is 1. The highest BCUT2D eigenvalue weighted by Crippen LogP contribution is 2.29. The molecule has 0 heterocycles. The molecule has 0 aliphatic heterocycles. The van der Waals surface area contributed by atoms with Gasteiger partial charge in [0, 0.05) is 26.2 Å². The first-order valence-corrected chi connectivity index (χ1v) is 7.13. The summed E-state index contributed by atoms with van der Waals surface area (Å²) >= 11 is 6.40. The number of halogens is 1. The fourth-order valence-corrected chi connectivity index (χ4v) is 2.42. The average molecular weight is 285 g/mol. The second-order valence-corrected chi connectivity index (χ2v) is 5.31. The molecule has 0 saturated carbocycles. The zero-order valence-electron chi connectivity index (χ0n) is 12.5. The third kappa shape index (κ3) is 4.37. The van der Waals surface area contributed by atoms with Crippen molar-refractivity contribution in [2.45, 2.75) is 32.9 Å². The first-order chi connectivity index (χ1) is 9.01. The van der Waals surface area contributed by atoms with E-state index in [2.05, 4.69) is 43.1 Å². The van der Waals surface area contributed by atoms with E-state index >= 15 is 0 Å². The van der Waals surface area contributed by atoms with E-state index < -0.39 is 0 Å². The van der Waals surface area contributed by atoms with Gasteiger partial charge in [0.2, 0.25) is 0 Å². The lowest BCUT2D eigenvalue weighted by molar-refractivity contribution is 0.183. The minimum absolute atomic E-state index is 0.291. The Morgan fingerprint density at radius 1 is 1.37 bits per heavy atom. The molecule has 0 aromatic heterocycles. The summed E-state index contributed by atoms with van der Waals surface area (Å²) in [5.74, 6) is 0. The van der Waals surface area contributed by atoms with Gasteiger partial charge in [0.25, 0.3) is 0 Å². The van der Waals surface area contributed by atoms with E-state index in [1.54, 1.807) is 7.11 Å². The molecule has 0 spiro atoms. The number of benzene rings is 1. The van der Waals surface area contributed by atoms with Gasteiger partial charge in [0.1, 0.15) is 0 Å². The van der Waals surface area contributed by atoms with Crippen molar-refractivity contribution in [2.75, 3.05) is 32.2 Å². The molecule has 0 amide bonds. The van der Waals surface area contributed by atoms with Gasteiger partial charge in [-0.15, -0.1) is 0 Å². The molecule has 1 aromatic rings. The van der Waals surface area contributed by atoms with E-state index in [0.29, 0.717) is 18.7 Å². The Morgan fingerprint density at radius 2 is 2.05 bits per heavy atom. The number of methoxy groups -OCH3 is 1. The van der Waals surface area contributed by atoms with Crippen LogP contribution in [0.5, 0.6) is 0 Å². The Hall–Kier alpha value is -0.770. The molecule has 0 radical (unpaired) electrons. The summed E-state index contributed by atoms with van der Waals surface area (Å²) in [4.78, 5) is 2.15. The van der Waals surface area contributed by atoms with Crippen LogP contribution in [0, 0.1) is 0 Å². The molecular formula is C15H25ClN2O. The number of nitrogens with zero attached hydrogens (tertiary/aromatic N) is 1. The monoisotopic (exact) mass is 284 g/mol. The molecule has 0 saturated heterocycles. The quantitative estimate of drug-likeness (QED) is 0.830. The third-order valence-corrected chi connectivity index (χ3v) is 3.73. The Bertz CT molecular complexity index is 398. The van der Waals surface area contributed by atoms with Crippen molar-refractivity contribution >= 4 is 17.3 Å². The van der Waals surface area contributed by atoms with Crippen molar-refractivity contribution in [3.05, 3.63) is 28.8 Å². The van der Waals surface area contributed by atoms with Crippen molar-refractivity contribution in [1.29, 1.82) is 0 Å². The molecule has 1 N–H and O–H groups in total. The summed E-state index contributed by atoms with van der Waals surface area (Å²) in [5.41, 5.74) is 2.25. The summed E-state index contributed by atoms with van der Waals surface area (Å²) in [7, 11) is 3.76. The second-order valence-electron chi connectivity index (χ2n) is 4.91. The molecule has 0 bridgehead atoms.